The Kier molecular flexibility index (Phi) is 2.74. The second-order valence-electron chi connectivity index (χ2n) is 5.07. The molecule has 3 N–H and O–H groups in total. The number of aliphatic hydroxyl groups is 1. The fraction of sp³-hybridized carbons (Fsp3) is 0.462. The summed E-state index contributed by atoms with van der Waals surface area (Å²) in [7, 11) is 0. The highest BCUT2D eigenvalue weighted by Crippen LogP contribution is 2.31. The van der Waals surface area contributed by atoms with Gasteiger partial charge >= 0.3 is 0 Å². The second kappa shape index (κ2) is 4.31. The van der Waals surface area contributed by atoms with Gasteiger partial charge in [-0.05, 0) is 32.3 Å². The van der Waals surface area contributed by atoms with Gasteiger partial charge in [-0.15, -0.1) is 0 Å². The highest BCUT2D eigenvalue weighted by molar-refractivity contribution is 5.78. The van der Waals surface area contributed by atoms with Crippen LogP contribution in [0.1, 0.15) is 31.0 Å². The number of hydrogen-bond acceptors (Lipinski definition) is 5. The molecule has 0 amide bonds. The maximum Gasteiger partial charge on any atom is 0.252 e. The van der Waals surface area contributed by atoms with Crippen molar-refractivity contribution >= 4 is 17.0 Å². The third-order valence-corrected chi connectivity index (χ3v) is 3.73. The Balaban J connectivity index is 2.27. The van der Waals surface area contributed by atoms with E-state index in [-0.39, 0.29) is 23.7 Å². The predicted octanol–water partition coefficient (Wildman–Crippen LogP) is 0.768. The smallest absolute Gasteiger partial charge is 0.252 e. The molecule has 6 nitrogen and oxygen atoms in total. The minimum absolute atomic E-state index is 0.0140. The topological polar surface area (TPSA) is 94.0 Å². The van der Waals surface area contributed by atoms with Gasteiger partial charge in [-0.1, -0.05) is 0 Å². The molecule has 2 atom stereocenters. The lowest BCUT2D eigenvalue weighted by Crippen LogP contribution is -2.24. The van der Waals surface area contributed by atoms with Crippen LogP contribution in [0.15, 0.2) is 16.9 Å². The summed E-state index contributed by atoms with van der Waals surface area (Å²) in [6.45, 7) is 1.85. The minimum Gasteiger partial charge on any atom is -0.393 e. The first-order valence-corrected chi connectivity index (χ1v) is 6.39. The number of hydrogen-bond donors (Lipinski definition) is 2. The Labute approximate surface area is 109 Å². The summed E-state index contributed by atoms with van der Waals surface area (Å²) in [6, 6.07) is 3.24. The van der Waals surface area contributed by atoms with Crippen LogP contribution in [0.3, 0.4) is 0 Å². The zero-order chi connectivity index (χ0) is 13.6. The average molecular weight is 260 g/mol. The Bertz CT molecular complexity index is 695. The largest absolute Gasteiger partial charge is 0.393 e. The molecular formula is C13H16N4O2. The average Bonchev–Trinajstić information content (AvgIpc) is 2.74. The van der Waals surface area contributed by atoms with Crippen molar-refractivity contribution in [3.8, 4) is 0 Å². The zero-order valence-corrected chi connectivity index (χ0v) is 10.7. The molecule has 1 fully saturated rings. The molecule has 1 aliphatic rings. The van der Waals surface area contributed by atoms with Gasteiger partial charge in [-0.25, -0.2) is 4.98 Å². The third kappa shape index (κ3) is 1.98. The molecule has 100 valence electrons. The van der Waals surface area contributed by atoms with Crippen LogP contribution in [-0.4, -0.2) is 25.7 Å². The highest BCUT2D eigenvalue weighted by Gasteiger charge is 2.26. The van der Waals surface area contributed by atoms with Crippen molar-refractivity contribution in [2.75, 3.05) is 5.73 Å². The van der Waals surface area contributed by atoms with Crippen molar-refractivity contribution < 1.29 is 5.11 Å². The Morgan fingerprint density at radius 1 is 1.37 bits per heavy atom. The summed E-state index contributed by atoms with van der Waals surface area (Å²) < 4.78 is 1.65. The summed E-state index contributed by atoms with van der Waals surface area (Å²) >= 11 is 0. The molecule has 0 radical (unpaired) electrons. The summed E-state index contributed by atoms with van der Waals surface area (Å²) in [6.07, 6.45) is 1.74. The van der Waals surface area contributed by atoms with Crippen molar-refractivity contribution in [2.45, 2.75) is 38.3 Å². The van der Waals surface area contributed by atoms with E-state index in [0.29, 0.717) is 18.5 Å². The number of pyridine rings is 1. The summed E-state index contributed by atoms with van der Waals surface area (Å²) in [5.41, 5.74) is 6.90. The van der Waals surface area contributed by atoms with Crippen LogP contribution in [0.25, 0.3) is 11.0 Å². The Morgan fingerprint density at radius 2 is 2.16 bits per heavy atom. The normalized spacial score (nSPS) is 23.1. The summed E-state index contributed by atoms with van der Waals surface area (Å²) in [5.74, 6) is 0.169. The van der Waals surface area contributed by atoms with Crippen molar-refractivity contribution in [1.29, 1.82) is 0 Å². The zero-order valence-electron chi connectivity index (χ0n) is 10.7. The third-order valence-electron chi connectivity index (χ3n) is 3.73. The summed E-state index contributed by atoms with van der Waals surface area (Å²) in [5, 5.41) is 10.5. The molecule has 0 aliphatic heterocycles. The number of aliphatic hydroxyl groups excluding tert-OH is 1. The van der Waals surface area contributed by atoms with Crippen molar-refractivity contribution in [1.82, 2.24) is 14.5 Å². The van der Waals surface area contributed by atoms with Gasteiger partial charge in [0, 0.05) is 17.5 Å². The molecule has 0 spiro atoms. The highest BCUT2D eigenvalue weighted by atomic mass is 16.3. The first kappa shape index (κ1) is 12.1. The monoisotopic (exact) mass is 260 g/mol. The first-order chi connectivity index (χ1) is 9.06. The fourth-order valence-electron chi connectivity index (χ4n) is 2.83. The van der Waals surface area contributed by atoms with Crippen molar-refractivity contribution in [2.24, 2.45) is 0 Å². The molecule has 19 heavy (non-hydrogen) atoms. The predicted molar refractivity (Wildman–Crippen MR) is 71.8 cm³/mol. The van der Waals surface area contributed by atoms with Crippen LogP contribution < -0.4 is 11.3 Å². The number of nitrogens with zero attached hydrogens (tertiary/aromatic N) is 3. The van der Waals surface area contributed by atoms with Crippen molar-refractivity contribution in [3.63, 3.8) is 0 Å². The lowest BCUT2D eigenvalue weighted by atomic mass is 10.2. The lowest BCUT2D eigenvalue weighted by molar-refractivity contribution is 0.178. The van der Waals surface area contributed by atoms with E-state index in [2.05, 4.69) is 9.97 Å². The standard InChI is InChI=1S/C13H16N4O2/c1-7-10-4-5-11(19)17(8-2-3-9(18)6-8)12(10)16-13(14)15-7/h4-5,8-9,18H,2-3,6H2,1H3,(H2,14,15,16). The van der Waals surface area contributed by atoms with Gasteiger partial charge in [0.15, 0.2) is 0 Å². The molecule has 0 saturated heterocycles. The summed E-state index contributed by atoms with van der Waals surface area (Å²) in [4.78, 5) is 20.5. The molecule has 2 aromatic heterocycles. The fourth-order valence-corrected chi connectivity index (χ4v) is 2.83. The molecule has 0 aromatic carbocycles. The van der Waals surface area contributed by atoms with Gasteiger partial charge < -0.3 is 10.8 Å². The van der Waals surface area contributed by atoms with E-state index in [1.165, 1.54) is 6.07 Å². The number of anilines is 1. The SMILES string of the molecule is Cc1nc(N)nc2c1ccc(=O)n2C1CCC(O)C1. The van der Waals surface area contributed by atoms with Crippen LogP contribution in [0.2, 0.25) is 0 Å². The van der Waals surface area contributed by atoms with Gasteiger partial charge in [0.25, 0.3) is 5.56 Å². The molecule has 6 heteroatoms. The van der Waals surface area contributed by atoms with E-state index in [4.69, 9.17) is 5.73 Å². The van der Waals surface area contributed by atoms with Gasteiger partial charge in [-0.3, -0.25) is 9.36 Å². The quantitative estimate of drug-likeness (QED) is 0.789. The number of rotatable bonds is 1. The number of aromatic nitrogens is 3. The van der Waals surface area contributed by atoms with E-state index in [1.807, 2.05) is 6.92 Å². The van der Waals surface area contributed by atoms with E-state index in [0.717, 1.165) is 17.5 Å². The van der Waals surface area contributed by atoms with Crippen LogP contribution in [0.5, 0.6) is 0 Å². The maximum atomic E-state index is 12.1. The van der Waals surface area contributed by atoms with E-state index < -0.39 is 0 Å². The van der Waals surface area contributed by atoms with Gasteiger partial charge in [0.05, 0.1) is 11.8 Å². The maximum absolute atomic E-state index is 12.1. The lowest BCUT2D eigenvalue weighted by Gasteiger charge is -2.16. The van der Waals surface area contributed by atoms with Crippen molar-refractivity contribution in [3.05, 3.63) is 28.2 Å². The van der Waals surface area contributed by atoms with Crippen LogP contribution in [0.4, 0.5) is 5.95 Å². The molecule has 0 bridgehead atoms. The number of nitrogens with two attached hydrogens (primary N) is 1. The first-order valence-electron chi connectivity index (χ1n) is 6.39. The number of aryl methyl sites for hydroxylation is 1. The Hall–Kier alpha value is -1.95. The molecule has 1 saturated carbocycles. The Morgan fingerprint density at radius 3 is 2.84 bits per heavy atom. The molecule has 3 rings (SSSR count). The number of nitrogen functional groups attached to an aromatic ring is 1. The van der Waals surface area contributed by atoms with E-state index in [1.54, 1.807) is 10.6 Å². The molecule has 2 unspecified atom stereocenters. The van der Waals surface area contributed by atoms with E-state index in [9.17, 15) is 9.90 Å². The minimum atomic E-state index is -0.340. The molecule has 1 aliphatic carbocycles. The van der Waals surface area contributed by atoms with Crippen LogP contribution >= 0.6 is 0 Å². The van der Waals surface area contributed by atoms with E-state index >= 15 is 0 Å². The van der Waals surface area contributed by atoms with Gasteiger partial charge in [-0.2, -0.15) is 4.98 Å². The van der Waals surface area contributed by atoms with Gasteiger partial charge in [0.1, 0.15) is 5.65 Å². The second-order valence-corrected chi connectivity index (χ2v) is 5.07. The van der Waals surface area contributed by atoms with Crippen LogP contribution in [0, 0.1) is 6.92 Å². The number of fused-ring (bicyclic) bond motifs is 1. The molecule has 2 aromatic rings. The van der Waals surface area contributed by atoms with Crippen LogP contribution in [-0.2, 0) is 0 Å². The van der Waals surface area contributed by atoms with Gasteiger partial charge in [0.2, 0.25) is 5.95 Å². The molecular weight excluding hydrogens is 244 g/mol. The molecule has 2 heterocycles.